The molecule has 0 fully saturated rings. The van der Waals surface area contributed by atoms with Crippen molar-refractivity contribution < 1.29 is 14.0 Å². The molecule has 0 amide bonds. The number of hydrogen-bond acceptors (Lipinski definition) is 5. The Balaban J connectivity index is 2.22. The molecule has 0 N–H and O–H groups in total. The van der Waals surface area contributed by atoms with Gasteiger partial charge in [0.05, 0.1) is 9.26 Å². The van der Waals surface area contributed by atoms with Crippen LogP contribution >= 0.6 is 22.6 Å². The Labute approximate surface area is 129 Å². The van der Waals surface area contributed by atoms with Crippen molar-refractivity contribution in [3.8, 4) is 11.6 Å². The highest BCUT2D eigenvalue weighted by Gasteiger charge is 2.26. The van der Waals surface area contributed by atoms with Gasteiger partial charge in [0.2, 0.25) is 0 Å². The molecule has 0 spiro atoms. The SMILES string of the molecule is CC(C)(C)[S@+]([O-])/N=C/c1cc(I)c2c(n1)OCCO2. The van der Waals surface area contributed by atoms with Crippen LogP contribution in [0.2, 0.25) is 0 Å². The van der Waals surface area contributed by atoms with Crippen LogP contribution in [0.4, 0.5) is 0 Å². The molecule has 0 aliphatic carbocycles. The van der Waals surface area contributed by atoms with E-state index in [-0.39, 0.29) is 4.75 Å². The fourth-order valence-corrected chi connectivity index (χ4v) is 2.56. The number of rotatable bonds is 2. The molecular weight excluding hydrogens is 379 g/mol. The third-order valence-electron chi connectivity index (χ3n) is 2.29. The molecule has 19 heavy (non-hydrogen) atoms. The number of hydrogen-bond donors (Lipinski definition) is 0. The standard InChI is InChI=1S/C12H15IN2O3S/c1-12(2,3)19(16)14-7-8-6-9(13)10-11(15-8)18-5-4-17-10/h6-7H,4-5H2,1-3H3/b14-7+/t19-/m0/s1. The summed E-state index contributed by atoms with van der Waals surface area (Å²) in [6, 6.07) is 1.83. The van der Waals surface area contributed by atoms with Gasteiger partial charge in [0.25, 0.3) is 5.88 Å². The van der Waals surface area contributed by atoms with E-state index in [1.54, 1.807) is 0 Å². The first-order valence-corrected chi connectivity index (χ1v) is 7.98. The van der Waals surface area contributed by atoms with E-state index in [9.17, 15) is 4.55 Å². The molecule has 1 aromatic heterocycles. The van der Waals surface area contributed by atoms with E-state index in [0.29, 0.717) is 30.5 Å². The van der Waals surface area contributed by atoms with E-state index < -0.39 is 11.4 Å². The minimum atomic E-state index is -1.29. The molecule has 1 aromatic rings. The van der Waals surface area contributed by atoms with E-state index >= 15 is 0 Å². The minimum absolute atomic E-state index is 0.378. The van der Waals surface area contributed by atoms with Gasteiger partial charge in [0, 0.05) is 0 Å². The zero-order valence-electron chi connectivity index (χ0n) is 11.0. The van der Waals surface area contributed by atoms with Gasteiger partial charge < -0.3 is 14.0 Å². The van der Waals surface area contributed by atoms with Crippen molar-refractivity contribution in [3.63, 3.8) is 0 Å². The van der Waals surface area contributed by atoms with Gasteiger partial charge >= 0.3 is 0 Å². The largest absolute Gasteiger partial charge is 0.591 e. The maximum atomic E-state index is 11.8. The fourth-order valence-electron chi connectivity index (χ4n) is 1.33. The second-order valence-corrected chi connectivity index (χ2v) is 8.05. The normalized spacial score (nSPS) is 16.7. The number of pyridine rings is 1. The summed E-state index contributed by atoms with van der Waals surface area (Å²) in [5.74, 6) is 1.14. The molecule has 2 heterocycles. The van der Waals surface area contributed by atoms with Gasteiger partial charge in [-0.05, 0) is 49.4 Å². The summed E-state index contributed by atoms with van der Waals surface area (Å²) >= 11 is 0.868. The van der Waals surface area contributed by atoms with Gasteiger partial charge in [-0.25, -0.2) is 4.98 Å². The summed E-state index contributed by atoms with van der Waals surface area (Å²) in [6.45, 7) is 6.65. The van der Waals surface area contributed by atoms with Crippen molar-refractivity contribution in [1.29, 1.82) is 0 Å². The summed E-state index contributed by atoms with van der Waals surface area (Å²) in [5.41, 5.74) is 0.617. The summed E-state index contributed by atoms with van der Waals surface area (Å²) in [5, 5.41) is 0. The molecule has 0 aromatic carbocycles. The lowest BCUT2D eigenvalue weighted by Gasteiger charge is -2.19. The van der Waals surface area contributed by atoms with Crippen LogP contribution in [-0.4, -0.2) is 33.7 Å². The predicted octanol–water partition coefficient (Wildman–Crippen LogP) is 2.34. The lowest BCUT2D eigenvalue weighted by atomic mass is 10.3. The summed E-state index contributed by atoms with van der Waals surface area (Å²) < 4.78 is 27.3. The number of halogens is 1. The second kappa shape index (κ2) is 5.84. The van der Waals surface area contributed by atoms with Crippen LogP contribution in [0, 0.1) is 3.57 Å². The molecular formula is C12H15IN2O3S. The van der Waals surface area contributed by atoms with Crippen molar-refractivity contribution in [2.75, 3.05) is 13.2 Å². The van der Waals surface area contributed by atoms with E-state index in [1.165, 1.54) is 6.21 Å². The van der Waals surface area contributed by atoms with Crippen LogP contribution < -0.4 is 9.47 Å². The number of nitrogens with zero attached hydrogens (tertiary/aromatic N) is 2. The van der Waals surface area contributed by atoms with Gasteiger partial charge in [-0.2, -0.15) is 0 Å². The Hall–Kier alpha value is -0.540. The van der Waals surface area contributed by atoms with Crippen LogP contribution in [0.3, 0.4) is 0 Å². The van der Waals surface area contributed by atoms with Gasteiger partial charge in [-0.15, -0.1) is 0 Å². The molecule has 0 saturated carbocycles. The fraction of sp³-hybridized carbons (Fsp3) is 0.500. The first kappa shape index (κ1) is 14.9. The molecule has 0 bridgehead atoms. The predicted molar refractivity (Wildman–Crippen MR) is 83.4 cm³/mol. The average molecular weight is 394 g/mol. The van der Waals surface area contributed by atoms with Crippen LogP contribution in [-0.2, 0) is 11.4 Å². The van der Waals surface area contributed by atoms with Crippen molar-refractivity contribution in [3.05, 3.63) is 15.3 Å². The third kappa shape index (κ3) is 3.73. The van der Waals surface area contributed by atoms with Gasteiger partial charge in [0.15, 0.2) is 5.75 Å². The smallest absolute Gasteiger partial charge is 0.258 e. The maximum Gasteiger partial charge on any atom is 0.258 e. The Morgan fingerprint density at radius 3 is 2.79 bits per heavy atom. The van der Waals surface area contributed by atoms with E-state index in [1.807, 2.05) is 26.8 Å². The van der Waals surface area contributed by atoms with Crippen LogP contribution in [0.15, 0.2) is 10.5 Å². The number of fused-ring (bicyclic) bond motifs is 1. The average Bonchev–Trinajstić information content (AvgIpc) is 2.35. The molecule has 1 aliphatic rings. The molecule has 0 saturated heterocycles. The Kier molecular flexibility index (Phi) is 4.57. The minimum Gasteiger partial charge on any atom is -0.591 e. The first-order valence-electron chi connectivity index (χ1n) is 5.80. The molecule has 1 aliphatic heterocycles. The third-order valence-corrected chi connectivity index (χ3v) is 4.44. The summed E-state index contributed by atoms with van der Waals surface area (Å²) in [4.78, 5) is 4.29. The van der Waals surface area contributed by atoms with Crippen molar-refractivity contribution in [2.24, 2.45) is 4.40 Å². The lowest BCUT2D eigenvalue weighted by molar-refractivity contribution is 0.163. The highest BCUT2D eigenvalue weighted by Crippen LogP contribution is 2.33. The molecule has 0 radical (unpaired) electrons. The van der Waals surface area contributed by atoms with E-state index in [2.05, 4.69) is 32.0 Å². The Morgan fingerprint density at radius 1 is 1.42 bits per heavy atom. The van der Waals surface area contributed by atoms with Crippen LogP contribution in [0.5, 0.6) is 11.6 Å². The summed E-state index contributed by atoms with van der Waals surface area (Å²) in [7, 11) is 0. The van der Waals surface area contributed by atoms with Crippen molar-refractivity contribution in [2.45, 2.75) is 25.5 Å². The quantitative estimate of drug-likeness (QED) is 0.439. The second-order valence-electron chi connectivity index (χ2n) is 4.96. The lowest BCUT2D eigenvalue weighted by Crippen LogP contribution is -2.26. The Morgan fingerprint density at radius 2 is 2.11 bits per heavy atom. The van der Waals surface area contributed by atoms with Crippen LogP contribution in [0.1, 0.15) is 26.5 Å². The Bertz CT molecular complexity index is 502. The zero-order valence-corrected chi connectivity index (χ0v) is 13.9. The van der Waals surface area contributed by atoms with Crippen LogP contribution in [0.25, 0.3) is 0 Å². The zero-order chi connectivity index (χ0) is 14.0. The highest BCUT2D eigenvalue weighted by atomic mass is 127. The van der Waals surface area contributed by atoms with Gasteiger partial charge in [0.1, 0.15) is 35.5 Å². The topological polar surface area (TPSA) is 66.8 Å². The summed E-state index contributed by atoms with van der Waals surface area (Å²) in [6.07, 6.45) is 1.52. The molecule has 0 unspecified atom stereocenters. The van der Waals surface area contributed by atoms with Crippen molar-refractivity contribution >= 4 is 40.2 Å². The monoisotopic (exact) mass is 394 g/mol. The van der Waals surface area contributed by atoms with Crippen molar-refractivity contribution in [1.82, 2.24) is 4.98 Å². The highest BCUT2D eigenvalue weighted by molar-refractivity contribution is 14.1. The van der Waals surface area contributed by atoms with Gasteiger partial charge in [-0.3, -0.25) is 0 Å². The number of aromatic nitrogens is 1. The molecule has 2 rings (SSSR count). The van der Waals surface area contributed by atoms with E-state index in [0.717, 1.165) is 3.57 Å². The first-order chi connectivity index (χ1) is 8.88. The number of ether oxygens (including phenoxy) is 2. The molecule has 5 nitrogen and oxygen atoms in total. The molecule has 1 atom stereocenters. The van der Waals surface area contributed by atoms with E-state index in [4.69, 9.17) is 9.47 Å². The maximum absolute atomic E-state index is 11.8. The molecule has 7 heteroatoms. The van der Waals surface area contributed by atoms with Gasteiger partial charge in [-0.1, -0.05) is 4.40 Å². The molecule has 104 valence electrons.